The van der Waals surface area contributed by atoms with Gasteiger partial charge in [-0.25, -0.2) is 17.5 Å². The van der Waals surface area contributed by atoms with Gasteiger partial charge in [0.1, 0.15) is 0 Å². The van der Waals surface area contributed by atoms with Gasteiger partial charge >= 0.3 is 5.97 Å². The SMILES string of the molecule is CN(C)S(=O)(=O)c1ccc(Cl)c(C(=O)OCC(=O)Nc2ccc(Br)cc2)c1. The molecule has 0 aromatic heterocycles. The number of hydrogen-bond acceptors (Lipinski definition) is 5. The van der Waals surface area contributed by atoms with Crippen molar-refractivity contribution in [1.82, 2.24) is 4.31 Å². The monoisotopic (exact) mass is 474 g/mol. The average molecular weight is 476 g/mol. The summed E-state index contributed by atoms with van der Waals surface area (Å²) in [6, 6.07) is 10.5. The first-order valence-electron chi connectivity index (χ1n) is 7.56. The van der Waals surface area contributed by atoms with Gasteiger partial charge in [-0.1, -0.05) is 27.5 Å². The van der Waals surface area contributed by atoms with Crippen LogP contribution in [0.3, 0.4) is 0 Å². The Hall–Kier alpha value is -1.94. The first kappa shape index (κ1) is 21.4. The van der Waals surface area contributed by atoms with Crippen molar-refractivity contribution in [2.75, 3.05) is 26.0 Å². The summed E-state index contributed by atoms with van der Waals surface area (Å²) in [6.07, 6.45) is 0. The van der Waals surface area contributed by atoms with Crippen molar-refractivity contribution in [2.45, 2.75) is 4.90 Å². The smallest absolute Gasteiger partial charge is 0.340 e. The minimum Gasteiger partial charge on any atom is -0.452 e. The molecule has 1 amide bonds. The minimum atomic E-state index is -3.74. The number of sulfonamides is 1. The van der Waals surface area contributed by atoms with Crippen molar-refractivity contribution in [3.8, 4) is 0 Å². The molecule has 0 aliphatic carbocycles. The Morgan fingerprint density at radius 3 is 2.37 bits per heavy atom. The topological polar surface area (TPSA) is 92.8 Å². The minimum absolute atomic E-state index is 0.0195. The van der Waals surface area contributed by atoms with Crippen LogP contribution in [0, 0.1) is 0 Å². The Balaban J connectivity index is 2.07. The van der Waals surface area contributed by atoms with Gasteiger partial charge in [-0.2, -0.15) is 0 Å². The van der Waals surface area contributed by atoms with E-state index in [1.54, 1.807) is 24.3 Å². The van der Waals surface area contributed by atoms with Crippen molar-refractivity contribution in [1.29, 1.82) is 0 Å². The highest BCUT2D eigenvalue weighted by molar-refractivity contribution is 9.10. The van der Waals surface area contributed by atoms with Crippen LogP contribution >= 0.6 is 27.5 Å². The van der Waals surface area contributed by atoms with Gasteiger partial charge in [-0.15, -0.1) is 0 Å². The maximum absolute atomic E-state index is 12.2. The summed E-state index contributed by atoms with van der Waals surface area (Å²) in [4.78, 5) is 24.0. The van der Waals surface area contributed by atoms with Crippen LogP contribution in [-0.2, 0) is 19.6 Å². The van der Waals surface area contributed by atoms with Crippen molar-refractivity contribution in [2.24, 2.45) is 0 Å². The van der Waals surface area contributed by atoms with Crippen molar-refractivity contribution >= 4 is 55.1 Å². The highest BCUT2D eigenvalue weighted by atomic mass is 79.9. The lowest BCUT2D eigenvalue weighted by molar-refractivity contribution is -0.119. The van der Waals surface area contributed by atoms with Crippen LogP contribution in [0.25, 0.3) is 0 Å². The number of hydrogen-bond donors (Lipinski definition) is 1. The van der Waals surface area contributed by atoms with E-state index in [4.69, 9.17) is 16.3 Å². The van der Waals surface area contributed by atoms with Crippen LogP contribution in [0.4, 0.5) is 5.69 Å². The lowest BCUT2D eigenvalue weighted by Crippen LogP contribution is -2.23. The molecule has 2 aromatic carbocycles. The second-order valence-electron chi connectivity index (χ2n) is 5.56. The lowest BCUT2D eigenvalue weighted by Gasteiger charge is -2.13. The molecular formula is C17H16BrClN2O5S. The second-order valence-corrected chi connectivity index (χ2v) is 9.03. The molecule has 0 aliphatic heterocycles. The number of benzene rings is 2. The summed E-state index contributed by atoms with van der Waals surface area (Å²) in [5.41, 5.74) is 0.396. The summed E-state index contributed by atoms with van der Waals surface area (Å²) in [5, 5.41) is 2.59. The molecule has 7 nitrogen and oxygen atoms in total. The van der Waals surface area contributed by atoms with Crippen LogP contribution in [0.5, 0.6) is 0 Å². The highest BCUT2D eigenvalue weighted by Crippen LogP contribution is 2.23. The Kier molecular flexibility index (Phi) is 6.99. The number of nitrogens with one attached hydrogen (secondary N) is 1. The Labute approximate surface area is 170 Å². The van der Waals surface area contributed by atoms with Gasteiger partial charge in [0, 0.05) is 24.3 Å². The molecule has 1 N–H and O–H groups in total. The number of amides is 1. The number of carbonyl (C=O) groups excluding carboxylic acids is 2. The van der Waals surface area contributed by atoms with Gasteiger partial charge in [0.25, 0.3) is 5.91 Å². The maximum atomic E-state index is 12.2. The summed E-state index contributed by atoms with van der Waals surface area (Å²) in [6.45, 7) is -0.546. The third-order valence-corrected chi connectivity index (χ3v) is 6.07. The van der Waals surface area contributed by atoms with E-state index in [1.807, 2.05) is 0 Å². The molecule has 0 aliphatic rings. The summed E-state index contributed by atoms with van der Waals surface area (Å²) >= 11 is 9.25. The van der Waals surface area contributed by atoms with Crippen molar-refractivity contribution < 1.29 is 22.7 Å². The molecule has 0 fully saturated rings. The Bertz CT molecular complexity index is 962. The number of nitrogens with zero attached hydrogens (tertiary/aromatic N) is 1. The van der Waals surface area contributed by atoms with E-state index in [0.717, 1.165) is 14.8 Å². The first-order chi connectivity index (χ1) is 12.6. The number of rotatable bonds is 6. The number of carbonyl (C=O) groups is 2. The van der Waals surface area contributed by atoms with E-state index in [2.05, 4.69) is 21.2 Å². The van der Waals surface area contributed by atoms with Gasteiger partial charge in [0.15, 0.2) is 6.61 Å². The fourth-order valence-electron chi connectivity index (χ4n) is 1.97. The predicted molar refractivity (Wildman–Crippen MR) is 105 cm³/mol. The van der Waals surface area contributed by atoms with Crippen LogP contribution in [-0.4, -0.2) is 45.3 Å². The van der Waals surface area contributed by atoms with E-state index < -0.39 is 28.5 Å². The molecule has 27 heavy (non-hydrogen) atoms. The molecule has 0 unspecified atom stereocenters. The Morgan fingerprint density at radius 2 is 1.78 bits per heavy atom. The van der Waals surface area contributed by atoms with E-state index in [1.165, 1.54) is 26.2 Å². The second kappa shape index (κ2) is 8.83. The highest BCUT2D eigenvalue weighted by Gasteiger charge is 2.22. The van der Waals surface area contributed by atoms with E-state index in [-0.39, 0.29) is 15.5 Å². The number of anilines is 1. The van der Waals surface area contributed by atoms with Crippen LogP contribution in [0.2, 0.25) is 5.02 Å². The van der Waals surface area contributed by atoms with Crippen LogP contribution in [0.1, 0.15) is 10.4 Å². The van der Waals surface area contributed by atoms with Gasteiger partial charge in [0.05, 0.1) is 15.5 Å². The molecule has 0 saturated heterocycles. The maximum Gasteiger partial charge on any atom is 0.340 e. The zero-order valence-electron chi connectivity index (χ0n) is 14.4. The standard InChI is InChI=1S/C17H16BrClN2O5S/c1-21(2)27(24,25)13-7-8-15(19)14(9-13)17(23)26-10-16(22)20-12-5-3-11(18)4-6-12/h3-9H,10H2,1-2H3,(H,20,22). The zero-order chi connectivity index (χ0) is 20.2. The summed E-state index contributed by atoms with van der Waals surface area (Å²) in [5.74, 6) is -1.44. The zero-order valence-corrected chi connectivity index (χ0v) is 17.6. The summed E-state index contributed by atoms with van der Waals surface area (Å²) in [7, 11) is -1.00. The van der Waals surface area contributed by atoms with Crippen molar-refractivity contribution in [3.63, 3.8) is 0 Å². The molecule has 0 saturated carbocycles. The lowest BCUT2D eigenvalue weighted by atomic mass is 10.2. The normalized spacial score (nSPS) is 11.3. The molecule has 144 valence electrons. The first-order valence-corrected chi connectivity index (χ1v) is 10.2. The van der Waals surface area contributed by atoms with Gasteiger partial charge in [-0.3, -0.25) is 4.79 Å². The fourth-order valence-corrected chi connectivity index (χ4v) is 3.36. The molecule has 0 bridgehead atoms. The number of esters is 1. The van der Waals surface area contributed by atoms with Gasteiger partial charge in [0.2, 0.25) is 10.0 Å². The fraction of sp³-hybridized carbons (Fsp3) is 0.176. The van der Waals surface area contributed by atoms with E-state index in [0.29, 0.717) is 5.69 Å². The molecule has 10 heteroatoms. The largest absolute Gasteiger partial charge is 0.452 e. The Morgan fingerprint density at radius 1 is 1.15 bits per heavy atom. The molecular weight excluding hydrogens is 460 g/mol. The third kappa shape index (κ3) is 5.52. The van der Waals surface area contributed by atoms with E-state index >= 15 is 0 Å². The summed E-state index contributed by atoms with van der Waals surface area (Å²) < 4.78 is 31.2. The van der Waals surface area contributed by atoms with Crippen molar-refractivity contribution in [3.05, 3.63) is 57.5 Å². The molecule has 0 spiro atoms. The van der Waals surface area contributed by atoms with Gasteiger partial charge in [-0.05, 0) is 42.5 Å². The number of ether oxygens (including phenoxy) is 1. The molecule has 0 radical (unpaired) electrons. The molecule has 0 atom stereocenters. The average Bonchev–Trinajstić information content (AvgIpc) is 2.61. The van der Waals surface area contributed by atoms with Gasteiger partial charge < -0.3 is 10.1 Å². The van der Waals surface area contributed by atoms with Crippen LogP contribution < -0.4 is 5.32 Å². The molecule has 0 heterocycles. The van der Waals surface area contributed by atoms with Crippen LogP contribution in [0.15, 0.2) is 51.8 Å². The number of halogens is 2. The third-order valence-electron chi connectivity index (χ3n) is 3.40. The molecule has 2 rings (SSSR count). The quantitative estimate of drug-likeness (QED) is 0.648. The molecule has 2 aromatic rings. The van der Waals surface area contributed by atoms with E-state index in [9.17, 15) is 18.0 Å². The predicted octanol–water partition coefficient (Wildman–Crippen LogP) is 3.15.